The van der Waals surface area contributed by atoms with Gasteiger partial charge in [-0.3, -0.25) is 0 Å². The van der Waals surface area contributed by atoms with E-state index in [1.165, 1.54) is 6.26 Å². The third-order valence-corrected chi connectivity index (χ3v) is 1.39. The lowest BCUT2D eigenvalue weighted by Gasteiger charge is -2.18. The fraction of sp³-hybridized carbons (Fsp3) is 0.364. The number of rotatable bonds is 2. The Morgan fingerprint density at radius 3 is 2.60 bits per heavy atom. The highest BCUT2D eigenvalue weighted by Gasteiger charge is 2.19. The molecule has 0 saturated heterocycles. The summed E-state index contributed by atoms with van der Waals surface area (Å²) < 4.78 is 14.8. The Balaban J connectivity index is 2.50. The van der Waals surface area contributed by atoms with E-state index in [4.69, 9.17) is 13.9 Å². The molecule has 1 aromatic rings. The molecule has 0 bridgehead atoms. The zero-order valence-electron chi connectivity index (χ0n) is 9.07. The quantitative estimate of drug-likeness (QED) is 0.555. The number of hydrogen-bond donors (Lipinski definition) is 0. The minimum absolute atomic E-state index is 0.134. The van der Waals surface area contributed by atoms with Crippen LogP contribution >= 0.6 is 0 Å². The Labute approximate surface area is 88.5 Å². The van der Waals surface area contributed by atoms with E-state index in [0.29, 0.717) is 5.76 Å². The molecular weight excluding hydrogens is 196 g/mol. The first kappa shape index (κ1) is 11.4. The van der Waals surface area contributed by atoms with Crippen LogP contribution < -0.4 is 0 Å². The summed E-state index contributed by atoms with van der Waals surface area (Å²) in [5.41, 5.74) is -0.583. The second-order valence-corrected chi connectivity index (χ2v) is 3.97. The second kappa shape index (κ2) is 4.21. The van der Waals surface area contributed by atoms with Gasteiger partial charge in [0.25, 0.3) is 0 Å². The third-order valence-electron chi connectivity index (χ3n) is 1.39. The van der Waals surface area contributed by atoms with Crippen LogP contribution in [0.4, 0.5) is 4.79 Å². The molecule has 15 heavy (non-hydrogen) atoms. The molecule has 0 fully saturated rings. The summed E-state index contributed by atoms with van der Waals surface area (Å²) in [5, 5.41) is 0. The maximum Gasteiger partial charge on any atom is 0.514 e. The molecule has 0 N–H and O–H groups in total. The van der Waals surface area contributed by atoms with Crippen molar-refractivity contribution in [1.29, 1.82) is 0 Å². The third kappa shape index (κ3) is 3.89. The van der Waals surface area contributed by atoms with E-state index in [-0.39, 0.29) is 5.76 Å². The summed E-state index contributed by atoms with van der Waals surface area (Å²) in [6, 6.07) is 3.33. The number of carbonyl (C=O) groups excluding carboxylic acids is 1. The van der Waals surface area contributed by atoms with Crippen LogP contribution in [-0.4, -0.2) is 11.8 Å². The maximum atomic E-state index is 11.2. The van der Waals surface area contributed by atoms with Crippen molar-refractivity contribution in [3.8, 4) is 0 Å². The summed E-state index contributed by atoms with van der Waals surface area (Å²) >= 11 is 0. The van der Waals surface area contributed by atoms with Gasteiger partial charge in [0, 0.05) is 0 Å². The Morgan fingerprint density at radius 2 is 2.13 bits per heavy atom. The van der Waals surface area contributed by atoms with Crippen molar-refractivity contribution >= 4 is 11.9 Å². The van der Waals surface area contributed by atoms with Gasteiger partial charge in [-0.2, -0.15) is 0 Å². The Morgan fingerprint density at radius 1 is 1.47 bits per heavy atom. The molecule has 0 aliphatic heterocycles. The SMILES string of the molecule is C=C(OC(=O)OC(C)(C)C)c1ccco1. The van der Waals surface area contributed by atoms with Gasteiger partial charge in [0.2, 0.25) is 0 Å². The molecule has 0 unspecified atom stereocenters. The zero-order valence-corrected chi connectivity index (χ0v) is 9.07. The minimum atomic E-state index is -0.788. The fourth-order valence-electron chi connectivity index (χ4n) is 0.859. The van der Waals surface area contributed by atoms with E-state index in [9.17, 15) is 4.79 Å². The topological polar surface area (TPSA) is 48.7 Å². The van der Waals surface area contributed by atoms with E-state index >= 15 is 0 Å². The summed E-state index contributed by atoms with van der Waals surface area (Å²) in [6.07, 6.45) is 0.683. The molecule has 0 atom stereocenters. The van der Waals surface area contributed by atoms with E-state index < -0.39 is 11.8 Å². The number of ether oxygens (including phenoxy) is 2. The van der Waals surface area contributed by atoms with Crippen LogP contribution in [0.5, 0.6) is 0 Å². The van der Waals surface area contributed by atoms with Gasteiger partial charge >= 0.3 is 6.16 Å². The first-order valence-electron chi connectivity index (χ1n) is 4.52. The van der Waals surface area contributed by atoms with Crippen molar-refractivity contribution in [3.05, 3.63) is 30.7 Å². The summed E-state index contributed by atoms with van der Waals surface area (Å²) in [7, 11) is 0. The van der Waals surface area contributed by atoms with E-state index in [1.807, 2.05) is 0 Å². The molecule has 0 aliphatic rings. The van der Waals surface area contributed by atoms with Gasteiger partial charge in [-0.15, -0.1) is 0 Å². The summed E-state index contributed by atoms with van der Waals surface area (Å²) in [6.45, 7) is 8.81. The molecular formula is C11H14O4. The number of carbonyl (C=O) groups is 1. The largest absolute Gasteiger partial charge is 0.514 e. The molecule has 4 heteroatoms. The number of hydrogen-bond acceptors (Lipinski definition) is 4. The van der Waals surface area contributed by atoms with Gasteiger partial charge in [-0.25, -0.2) is 4.79 Å². The highest BCUT2D eigenvalue weighted by Crippen LogP contribution is 2.16. The molecule has 0 amide bonds. The van der Waals surface area contributed by atoms with Crippen molar-refractivity contribution in [2.24, 2.45) is 0 Å². The van der Waals surface area contributed by atoms with Crippen molar-refractivity contribution in [3.63, 3.8) is 0 Å². The Bertz CT molecular complexity index is 343. The van der Waals surface area contributed by atoms with Crippen molar-refractivity contribution < 1.29 is 18.7 Å². The molecule has 1 heterocycles. The smallest absolute Gasteiger partial charge is 0.461 e. The second-order valence-electron chi connectivity index (χ2n) is 3.97. The van der Waals surface area contributed by atoms with Crippen molar-refractivity contribution in [1.82, 2.24) is 0 Å². The van der Waals surface area contributed by atoms with Crippen molar-refractivity contribution in [2.75, 3.05) is 0 Å². The molecule has 0 aliphatic carbocycles. The van der Waals surface area contributed by atoms with Crippen LogP contribution in [0.1, 0.15) is 26.5 Å². The predicted molar refractivity (Wildman–Crippen MR) is 55.1 cm³/mol. The highest BCUT2D eigenvalue weighted by molar-refractivity contribution is 5.70. The summed E-state index contributed by atoms with van der Waals surface area (Å²) in [5.74, 6) is 0.537. The molecule has 0 aromatic carbocycles. The van der Waals surface area contributed by atoms with Crippen LogP contribution in [0.15, 0.2) is 29.4 Å². The summed E-state index contributed by atoms with van der Waals surface area (Å²) in [4.78, 5) is 11.2. The van der Waals surface area contributed by atoms with Gasteiger partial charge in [0.05, 0.1) is 6.26 Å². The van der Waals surface area contributed by atoms with Crippen LogP contribution in [0, 0.1) is 0 Å². The standard InChI is InChI=1S/C11H14O4/c1-8(9-6-5-7-13-9)14-10(12)15-11(2,3)4/h5-7H,1H2,2-4H3. The van der Waals surface area contributed by atoms with Crippen LogP contribution in [-0.2, 0) is 9.47 Å². The van der Waals surface area contributed by atoms with Gasteiger partial charge in [0.1, 0.15) is 5.60 Å². The first-order chi connectivity index (χ1) is 6.88. The van der Waals surface area contributed by atoms with Gasteiger partial charge in [-0.05, 0) is 32.9 Å². The molecule has 1 rings (SSSR count). The van der Waals surface area contributed by atoms with Gasteiger partial charge in [-0.1, -0.05) is 6.58 Å². The Kier molecular flexibility index (Phi) is 3.19. The molecule has 4 nitrogen and oxygen atoms in total. The predicted octanol–water partition coefficient (Wildman–Crippen LogP) is 3.20. The minimum Gasteiger partial charge on any atom is -0.461 e. The van der Waals surface area contributed by atoms with E-state index in [1.54, 1.807) is 32.9 Å². The highest BCUT2D eigenvalue weighted by atomic mass is 16.7. The molecule has 82 valence electrons. The van der Waals surface area contributed by atoms with Crippen molar-refractivity contribution in [2.45, 2.75) is 26.4 Å². The molecule has 0 radical (unpaired) electrons. The molecule has 1 aromatic heterocycles. The molecule has 0 spiro atoms. The average Bonchev–Trinajstić information content (AvgIpc) is 2.50. The lowest BCUT2D eigenvalue weighted by atomic mass is 10.2. The van der Waals surface area contributed by atoms with Gasteiger partial charge in [0.15, 0.2) is 11.5 Å². The lowest BCUT2D eigenvalue weighted by Crippen LogP contribution is -2.24. The maximum absolute atomic E-state index is 11.2. The lowest BCUT2D eigenvalue weighted by molar-refractivity contribution is 0.0144. The van der Waals surface area contributed by atoms with Gasteiger partial charge < -0.3 is 13.9 Å². The van der Waals surface area contributed by atoms with Crippen LogP contribution in [0.2, 0.25) is 0 Å². The number of furan rings is 1. The monoisotopic (exact) mass is 210 g/mol. The normalized spacial score (nSPS) is 10.9. The average molecular weight is 210 g/mol. The van der Waals surface area contributed by atoms with Crippen LogP contribution in [0.25, 0.3) is 5.76 Å². The Hall–Kier alpha value is -1.71. The van der Waals surface area contributed by atoms with Crippen LogP contribution in [0.3, 0.4) is 0 Å². The fourth-order valence-corrected chi connectivity index (χ4v) is 0.859. The van der Waals surface area contributed by atoms with E-state index in [2.05, 4.69) is 6.58 Å². The molecule has 0 saturated carbocycles. The first-order valence-corrected chi connectivity index (χ1v) is 4.52. The van der Waals surface area contributed by atoms with E-state index in [0.717, 1.165) is 0 Å². The zero-order chi connectivity index (χ0) is 11.5.